The van der Waals surface area contributed by atoms with Crippen molar-refractivity contribution in [3.8, 4) is 17.0 Å². The van der Waals surface area contributed by atoms with Gasteiger partial charge in [0, 0.05) is 18.0 Å². The number of amides is 1. The molecule has 0 spiro atoms. The van der Waals surface area contributed by atoms with Crippen LogP contribution in [0.25, 0.3) is 11.3 Å². The maximum absolute atomic E-state index is 12.4. The fraction of sp³-hybridized carbons (Fsp3) is 0.217. The lowest BCUT2D eigenvalue weighted by molar-refractivity contribution is -0.113. The van der Waals surface area contributed by atoms with Crippen LogP contribution in [0.3, 0.4) is 0 Å². The fourth-order valence-electron chi connectivity index (χ4n) is 3.04. The van der Waals surface area contributed by atoms with E-state index in [-0.39, 0.29) is 17.8 Å². The van der Waals surface area contributed by atoms with Gasteiger partial charge in [-0.25, -0.2) is 4.98 Å². The molecule has 7 nitrogen and oxygen atoms in total. The van der Waals surface area contributed by atoms with E-state index in [1.807, 2.05) is 85.4 Å². The van der Waals surface area contributed by atoms with Crippen LogP contribution in [0.15, 0.2) is 65.1 Å². The highest BCUT2D eigenvalue weighted by atomic mass is 32.2. The monoisotopic (exact) mass is 465 g/mol. The summed E-state index contributed by atoms with van der Waals surface area (Å²) in [5, 5.41) is 14.5. The lowest BCUT2D eigenvalue weighted by Gasteiger charge is -2.14. The van der Waals surface area contributed by atoms with Crippen molar-refractivity contribution in [1.29, 1.82) is 0 Å². The predicted octanol–water partition coefficient (Wildman–Crippen LogP) is 5.12. The zero-order valence-corrected chi connectivity index (χ0v) is 19.6. The maximum Gasteiger partial charge on any atom is 0.236 e. The quantitative estimate of drug-likeness (QED) is 0.364. The van der Waals surface area contributed by atoms with Gasteiger partial charge in [-0.05, 0) is 26.0 Å². The van der Waals surface area contributed by atoms with Crippen LogP contribution >= 0.6 is 23.1 Å². The number of thioether (sulfide) groups is 1. The zero-order chi connectivity index (χ0) is 22.5. The highest BCUT2D eigenvalue weighted by Crippen LogP contribution is 2.26. The smallest absolute Gasteiger partial charge is 0.236 e. The second-order valence-corrected chi connectivity index (χ2v) is 9.01. The number of ether oxygens (including phenoxy) is 1. The van der Waals surface area contributed by atoms with Gasteiger partial charge in [0.2, 0.25) is 5.91 Å². The molecule has 0 saturated heterocycles. The number of hydrogen-bond donors (Lipinski definition) is 1. The van der Waals surface area contributed by atoms with Gasteiger partial charge < -0.3 is 14.6 Å². The summed E-state index contributed by atoms with van der Waals surface area (Å²) < 4.78 is 7.78. The Kier molecular flexibility index (Phi) is 6.87. The number of nitrogens with one attached hydrogen (secondary N) is 1. The van der Waals surface area contributed by atoms with Crippen LogP contribution in [-0.2, 0) is 11.8 Å². The van der Waals surface area contributed by atoms with Gasteiger partial charge in [-0.2, -0.15) is 0 Å². The first-order valence-corrected chi connectivity index (χ1v) is 11.9. The van der Waals surface area contributed by atoms with Crippen molar-refractivity contribution in [1.82, 2.24) is 19.7 Å². The topological polar surface area (TPSA) is 81.9 Å². The molecular weight excluding hydrogens is 442 g/mol. The molecule has 0 aliphatic heterocycles. The molecule has 32 heavy (non-hydrogen) atoms. The van der Waals surface area contributed by atoms with E-state index in [4.69, 9.17) is 4.74 Å². The second-order valence-electron chi connectivity index (χ2n) is 7.21. The van der Waals surface area contributed by atoms with Crippen molar-refractivity contribution in [2.24, 2.45) is 7.05 Å². The molecule has 0 saturated carbocycles. The molecule has 0 aliphatic rings. The Hall–Kier alpha value is -3.17. The minimum absolute atomic E-state index is 0.141. The molecule has 1 unspecified atom stereocenters. The molecule has 0 bridgehead atoms. The van der Waals surface area contributed by atoms with E-state index in [9.17, 15) is 4.79 Å². The first kappa shape index (κ1) is 22.0. The lowest BCUT2D eigenvalue weighted by atomic mass is 10.1. The minimum Gasteiger partial charge on any atom is -0.483 e. The number of thiazole rings is 1. The van der Waals surface area contributed by atoms with Crippen LogP contribution in [0.1, 0.15) is 24.4 Å². The highest BCUT2D eigenvalue weighted by Gasteiger charge is 2.18. The van der Waals surface area contributed by atoms with Crippen LogP contribution in [0.2, 0.25) is 0 Å². The Bertz CT molecular complexity index is 1190. The van der Waals surface area contributed by atoms with Gasteiger partial charge in [0.15, 0.2) is 22.2 Å². The van der Waals surface area contributed by atoms with Crippen molar-refractivity contribution < 1.29 is 9.53 Å². The Balaban J connectivity index is 1.32. The van der Waals surface area contributed by atoms with E-state index in [0.29, 0.717) is 16.1 Å². The Morgan fingerprint density at radius 2 is 1.91 bits per heavy atom. The summed E-state index contributed by atoms with van der Waals surface area (Å²) in [5.41, 5.74) is 3.07. The summed E-state index contributed by atoms with van der Waals surface area (Å²) in [4.78, 5) is 16.9. The Labute approximate surface area is 194 Å². The number of anilines is 1. The zero-order valence-electron chi connectivity index (χ0n) is 18.0. The Morgan fingerprint density at radius 3 is 2.66 bits per heavy atom. The maximum atomic E-state index is 12.4. The summed E-state index contributed by atoms with van der Waals surface area (Å²) in [6.45, 7) is 3.97. The molecule has 1 N–H and O–H groups in total. The number of aromatic nitrogens is 4. The number of rotatable bonds is 8. The first-order chi connectivity index (χ1) is 15.5. The van der Waals surface area contributed by atoms with E-state index in [2.05, 4.69) is 20.5 Å². The van der Waals surface area contributed by atoms with E-state index in [1.165, 1.54) is 28.7 Å². The average molecular weight is 466 g/mol. The summed E-state index contributed by atoms with van der Waals surface area (Å²) >= 11 is 2.73. The number of carbonyl (C=O) groups excluding carboxylic acids is 1. The molecule has 164 valence electrons. The van der Waals surface area contributed by atoms with Gasteiger partial charge in [-0.3, -0.25) is 4.79 Å². The predicted molar refractivity (Wildman–Crippen MR) is 128 cm³/mol. The third-order valence-corrected chi connectivity index (χ3v) is 6.50. The molecule has 0 aliphatic carbocycles. The number of hydrogen-bond acceptors (Lipinski definition) is 7. The van der Waals surface area contributed by atoms with Crippen molar-refractivity contribution in [3.05, 3.63) is 71.4 Å². The largest absolute Gasteiger partial charge is 0.483 e. The van der Waals surface area contributed by atoms with E-state index >= 15 is 0 Å². The molecule has 0 radical (unpaired) electrons. The van der Waals surface area contributed by atoms with Gasteiger partial charge in [0.05, 0.1) is 11.4 Å². The molecule has 2 aromatic heterocycles. The van der Waals surface area contributed by atoms with Crippen molar-refractivity contribution in [2.45, 2.75) is 25.1 Å². The molecule has 9 heteroatoms. The molecule has 1 atom stereocenters. The molecule has 2 heterocycles. The number of benzene rings is 2. The first-order valence-electron chi connectivity index (χ1n) is 10.1. The van der Waals surface area contributed by atoms with Crippen LogP contribution in [0, 0.1) is 6.92 Å². The standard InChI is InChI=1S/C23H23N5O2S2/c1-15-9-11-17(12-10-15)19-13-31-22(24-19)25-20(29)14-32-23-27-26-21(28(23)3)16(2)30-18-7-5-4-6-8-18/h4-13,16H,14H2,1-3H3,(H,24,25,29). The van der Waals surface area contributed by atoms with Crippen molar-refractivity contribution >= 4 is 34.1 Å². The van der Waals surface area contributed by atoms with E-state index in [1.54, 1.807) is 0 Å². The molecule has 0 fully saturated rings. The molecular formula is C23H23N5O2S2. The lowest BCUT2D eigenvalue weighted by Crippen LogP contribution is -2.14. The third-order valence-electron chi connectivity index (χ3n) is 4.72. The van der Waals surface area contributed by atoms with E-state index < -0.39 is 0 Å². The molecule has 4 rings (SSSR count). The van der Waals surface area contributed by atoms with Gasteiger partial charge in [-0.1, -0.05) is 59.8 Å². The normalized spacial score (nSPS) is 11.8. The number of nitrogens with zero attached hydrogens (tertiary/aromatic N) is 4. The molecule has 1 amide bonds. The summed E-state index contributed by atoms with van der Waals surface area (Å²) in [7, 11) is 1.87. The van der Waals surface area contributed by atoms with Crippen LogP contribution in [-0.4, -0.2) is 31.4 Å². The van der Waals surface area contributed by atoms with Crippen molar-refractivity contribution in [2.75, 3.05) is 11.1 Å². The van der Waals surface area contributed by atoms with Gasteiger partial charge in [0.1, 0.15) is 5.75 Å². The average Bonchev–Trinajstić information content (AvgIpc) is 3.40. The summed E-state index contributed by atoms with van der Waals surface area (Å²) in [6, 6.07) is 17.7. The SMILES string of the molecule is Cc1ccc(-c2csc(NC(=O)CSc3nnc(C(C)Oc4ccccc4)n3C)n2)cc1. The van der Waals surface area contributed by atoms with E-state index in [0.717, 1.165) is 17.0 Å². The number of carbonyl (C=O) groups is 1. The molecule has 2 aromatic carbocycles. The van der Waals surface area contributed by atoms with Gasteiger partial charge in [-0.15, -0.1) is 21.5 Å². The van der Waals surface area contributed by atoms with Crippen LogP contribution in [0.4, 0.5) is 5.13 Å². The Morgan fingerprint density at radius 1 is 1.16 bits per heavy atom. The minimum atomic E-state index is -0.270. The summed E-state index contributed by atoms with van der Waals surface area (Å²) in [6.07, 6.45) is -0.270. The molecule has 4 aromatic rings. The fourth-order valence-corrected chi connectivity index (χ4v) is 4.49. The second kappa shape index (κ2) is 9.97. The third kappa shape index (κ3) is 5.35. The van der Waals surface area contributed by atoms with Crippen molar-refractivity contribution in [3.63, 3.8) is 0 Å². The van der Waals surface area contributed by atoms with Crippen LogP contribution in [0.5, 0.6) is 5.75 Å². The number of aryl methyl sites for hydroxylation is 1. The van der Waals surface area contributed by atoms with Crippen LogP contribution < -0.4 is 10.1 Å². The van der Waals surface area contributed by atoms with Gasteiger partial charge in [0.25, 0.3) is 0 Å². The number of para-hydroxylation sites is 1. The highest BCUT2D eigenvalue weighted by molar-refractivity contribution is 7.99. The van der Waals surface area contributed by atoms with Gasteiger partial charge >= 0.3 is 0 Å². The summed E-state index contributed by atoms with van der Waals surface area (Å²) in [5.74, 6) is 1.53.